The molecule has 0 amide bonds. The van der Waals surface area contributed by atoms with Crippen molar-refractivity contribution in [2.24, 2.45) is 73.9 Å². The Bertz CT molecular complexity index is 1520. The van der Waals surface area contributed by atoms with Crippen LogP contribution in [0.4, 0.5) is 0 Å². The Balaban J connectivity index is 0.000000121. The van der Waals surface area contributed by atoms with Crippen LogP contribution < -0.4 is 0 Å². The summed E-state index contributed by atoms with van der Waals surface area (Å²) in [6.07, 6.45) is 21.7. The number of allylic oxidation sites excluding steroid dienone is 2. The summed E-state index contributed by atoms with van der Waals surface area (Å²) in [5, 5.41) is 0. The van der Waals surface area contributed by atoms with E-state index in [9.17, 15) is 0 Å². The second-order valence-electron chi connectivity index (χ2n) is 24.9. The van der Waals surface area contributed by atoms with Crippen molar-refractivity contribution < 1.29 is 28.4 Å². The Kier molecular flexibility index (Phi) is 11.5. The quantitative estimate of drug-likeness (QED) is 0.265. The lowest BCUT2D eigenvalue weighted by atomic mass is 9.44. The molecular weight excluding hydrogens is 721 g/mol. The second-order valence-corrected chi connectivity index (χ2v) is 24.9. The summed E-state index contributed by atoms with van der Waals surface area (Å²) < 4.78 is 37.3. The normalized spacial score (nSPS) is 49.3. The Morgan fingerprint density at radius 3 is 2.10 bits per heavy atom. The fraction of sp³-hybridized carbons (Fsp3) is 0.962. The molecule has 58 heavy (non-hydrogen) atoms. The van der Waals surface area contributed by atoms with Crippen LogP contribution in [0.15, 0.2) is 11.6 Å². The van der Waals surface area contributed by atoms with Crippen LogP contribution in [0.2, 0.25) is 0 Å². The molecule has 4 heterocycles. The van der Waals surface area contributed by atoms with Crippen molar-refractivity contribution in [3.05, 3.63) is 11.6 Å². The summed E-state index contributed by atoms with van der Waals surface area (Å²) >= 11 is 0. The topological polar surface area (TPSA) is 55.4 Å². The third kappa shape index (κ3) is 7.00. The highest BCUT2D eigenvalue weighted by Crippen LogP contribution is 2.78. The maximum atomic E-state index is 6.54. The summed E-state index contributed by atoms with van der Waals surface area (Å²) in [5.74, 6) is 4.29. The highest BCUT2D eigenvalue weighted by Gasteiger charge is 2.75. The van der Waals surface area contributed by atoms with Gasteiger partial charge in [0.15, 0.2) is 17.9 Å². The fourth-order valence-electron chi connectivity index (χ4n) is 16.6. The Morgan fingerprint density at radius 1 is 0.741 bits per heavy atom. The van der Waals surface area contributed by atoms with Crippen molar-refractivity contribution in [2.75, 3.05) is 33.0 Å². The van der Waals surface area contributed by atoms with Crippen molar-refractivity contribution >= 4 is 0 Å². The molecule has 6 nitrogen and oxygen atoms in total. The third-order valence-corrected chi connectivity index (χ3v) is 20.5. The lowest BCUT2D eigenvalue weighted by Gasteiger charge is -2.63. The molecule has 11 unspecified atom stereocenters. The standard InChI is InChI=1S/C18H30O2.C17H28O2.C17H30O2/c1-15(2)8-5-9-16(3)13(15)7-11-18-12-19-17(4,20-18)10-6-14(16)18;1-14(2)7-8-17(18-9-10-19-17)13-15(3,4)12-5-6-16(13,14)11-12;1-6-14(4)17(5)10-18-16(19-11-17)15-8-7-12(2)9-13(15)3/h13-14H,5-12H2,1-4H3;12-13H,5-11H2,1-4H3;9,13-16H,6-8,10-11H2,1-5H3. The van der Waals surface area contributed by atoms with Gasteiger partial charge in [0, 0.05) is 30.1 Å². The molecule has 5 saturated carbocycles. The average molecular weight is 809 g/mol. The van der Waals surface area contributed by atoms with Gasteiger partial charge in [0.2, 0.25) is 0 Å². The van der Waals surface area contributed by atoms with E-state index < -0.39 is 0 Å². The molecule has 332 valence electrons. The van der Waals surface area contributed by atoms with E-state index in [4.69, 9.17) is 28.4 Å². The second kappa shape index (κ2) is 15.1. The Labute approximate surface area is 355 Å². The molecule has 0 radical (unpaired) electrons. The number of hydrogen-bond donors (Lipinski definition) is 0. The van der Waals surface area contributed by atoms with Crippen molar-refractivity contribution in [3.63, 3.8) is 0 Å². The lowest BCUT2D eigenvalue weighted by molar-refractivity contribution is -0.288. The summed E-state index contributed by atoms with van der Waals surface area (Å²) in [5.41, 5.74) is 4.01. The summed E-state index contributed by atoms with van der Waals surface area (Å²) in [7, 11) is 0. The van der Waals surface area contributed by atoms with Gasteiger partial charge in [0.1, 0.15) is 0 Å². The van der Waals surface area contributed by atoms with Gasteiger partial charge in [0.05, 0.1) is 38.6 Å². The molecule has 4 aliphatic heterocycles. The SMILES string of the molecule is CC1(C)C2CCC3(C2)C1C1(CCC3(C)C)OCCO1.CC12CCC3C(CCC4C(C)(C)CCCC43C)(CO1)O2.CCC(C)C1(C)COC(C2CCC(C)=CC2C)OC1. The van der Waals surface area contributed by atoms with Crippen LogP contribution in [0.1, 0.15) is 186 Å². The van der Waals surface area contributed by atoms with E-state index in [0.29, 0.717) is 56.7 Å². The molecule has 0 aromatic carbocycles. The zero-order valence-electron chi connectivity index (χ0n) is 39.8. The maximum absolute atomic E-state index is 6.54. The fourth-order valence-corrected chi connectivity index (χ4v) is 16.6. The molecule has 10 rings (SSSR count). The van der Waals surface area contributed by atoms with Gasteiger partial charge in [-0.2, -0.15) is 0 Å². The molecule has 10 aliphatic rings. The van der Waals surface area contributed by atoms with Gasteiger partial charge in [-0.15, -0.1) is 0 Å². The number of rotatable bonds is 3. The van der Waals surface area contributed by atoms with Gasteiger partial charge in [-0.1, -0.05) is 101 Å². The highest BCUT2D eigenvalue weighted by atomic mass is 16.8. The molecular formula is C52H88O6. The Hall–Kier alpha value is -0.500. The van der Waals surface area contributed by atoms with E-state index in [1.54, 1.807) is 0 Å². The number of hydrogen-bond acceptors (Lipinski definition) is 6. The predicted molar refractivity (Wildman–Crippen MR) is 233 cm³/mol. The summed E-state index contributed by atoms with van der Waals surface area (Å²) in [6, 6.07) is 0. The number of ether oxygens (including phenoxy) is 6. The number of fused-ring (bicyclic) bond motifs is 5. The Morgan fingerprint density at radius 2 is 1.43 bits per heavy atom. The van der Waals surface area contributed by atoms with Gasteiger partial charge in [-0.05, 0) is 141 Å². The zero-order chi connectivity index (χ0) is 41.8. The lowest BCUT2D eigenvalue weighted by Crippen LogP contribution is -2.61. The molecule has 9 fully saturated rings. The minimum Gasteiger partial charge on any atom is -0.352 e. The first-order valence-electron chi connectivity index (χ1n) is 24.6. The van der Waals surface area contributed by atoms with Gasteiger partial charge >= 0.3 is 0 Å². The minimum atomic E-state index is -0.274. The highest BCUT2D eigenvalue weighted by molar-refractivity contribution is 5.21. The average Bonchev–Trinajstić information content (AvgIpc) is 3.92. The van der Waals surface area contributed by atoms with Crippen LogP contribution in [-0.4, -0.2) is 56.5 Å². The summed E-state index contributed by atoms with van der Waals surface area (Å²) in [6.45, 7) is 35.2. The van der Waals surface area contributed by atoms with E-state index in [-0.39, 0.29) is 28.9 Å². The first-order chi connectivity index (χ1) is 27.1. The van der Waals surface area contributed by atoms with Crippen molar-refractivity contribution in [2.45, 2.75) is 210 Å². The van der Waals surface area contributed by atoms with Crippen molar-refractivity contribution in [3.8, 4) is 0 Å². The van der Waals surface area contributed by atoms with E-state index in [0.717, 1.165) is 57.7 Å². The van der Waals surface area contributed by atoms with Crippen LogP contribution in [0.5, 0.6) is 0 Å². The minimum absolute atomic E-state index is 0.0106. The van der Waals surface area contributed by atoms with Crippen LogP contribution in [0, 0.1) is 73.9 Å². The zero-order valence-corrected chi connectivity index (χ0v) is 39.8. The van der Waals surface area contributed by atoms with Crippen molar-refractivity contribution in [1.29, 1.82) is 0 Å². The molecule has 3 spiro atoms. The van der Waals surface area contributed by atoms with Gasteiger partial charge in [0.25, 0.3) is 0 Å². The van der Waals surface area contributed by atoms with Gasteiger partial charge in [-0.25, -0.2) is 0 Å². The van der Waals surface area contributed by atoms with E-state index in [1.165, 1.54) is 89.0 Å². The van der Waals surface area contributed by atoms with Crippen molar-refractivity contribution in [1.82, 2.24) is 0 Å². The smallest absolute Gasteiger partial charge is 0.172 e. The van der Waals surface area contributed by atoms with Crippen LogP contribution in [0.25, 0.3) is 0 Å². The molecule has 0 aromatic heterocycles. The first kappa shape index (κ1) is 44.1. The molecule has 11 atom stereocenters. The first-order valence-corrected chi connectivity index (χ1v) is 24.6. The summed E-state index contributed by atoms with van der Waals surface area (Å²) in [4.78, 5) is 0. The van der Waals surface area contributed by atoms with Crippen LogP contribution in [0.3, 0.4) is 0 Å². The van der Waals surface area contributed by atoms with Gasteiger partial charge in [-0.3, -0.25) is 0 Å². The monoisotopic (exact) mass is 809 g/mol. The van der Waals surface area contributed by atoms with E-state index >= 15 is 0 Å². The predicted octanol–water partition coefficient (Wildman–Crippen LogP) is 12.9. The molecule has 0 N–H and O–H groups in total. The van der Waals surface area contributed by atoms with Crippen LogP contribution >= 0.6 is 0 Å². The molecule has 0 aromatic rings. The molecule has 6 aliphatic carbocycles. The molecule has 4 bridgehead atoms. The molecule has 4 saturated heterocycles. The third-order valence-electron chi connectivity index (χ3n) is 20.5. The maximum Gasteiger partial charge on any atom is 0.172 e. The largest absolute Gasteiger partial charge is 0.352 e. The van der Waals surface area contributed by atoms with E-state index in [2.05, 4.69) is 96.1 Å². The van der Waals surface area contributed by atoms with Gasteiger partial charge < -0.3 is 28.4 Å². The van der Waals surface area contributed by atoms with E-state index in [1.807, 2.05) is 0 Å². The van der Waals surface area contributed by atoms with Crippen LogP contribution in [-0.2, 0) is 28.4 Å². The molecule has 6 heteroatoms.